The molecule has 0 unspecified atom stereocenters. The summed E-state index contributed by atoms with van der Waals surface area (Å²) in [4.78, 5) is 11.8. The van der Waals surface area contributed by atoms with Crippen molar-refractivity contribution in [2.24, 2.45) is 5.73 Å². The van der Waals surface area contributed by atoms with Crippen molar-refractivity contribution in [3.8, 4) is 0 Å². The number of hydrogen-bond acceptors (Lipinski definition) is 2. The van der Waals surface area contributed by atoms with Gasteiger partial charge >= 0.3 is 51.4 Å². The van der Waals surface area contributed by atoms with Crippen molar-refractivity contribution in [3.05, 3.63) is 33.8 Å². The van der Waals surface area contributed by atoms with E-state index in [-0.39, 0.29) is 57.2 Å². The molecule has 2 rings (SSSR count). The second kappa shape index (κ2) is 5.15. The van der Waals surface area contributed by atoms with Crippen LogP contribution >= 0.6 is 23.2 Å². The molecule has 2 nitrogen and oxygen atoms in total. The minimum atomic E-state index is -0.686. The van der Waals surface area contributed by atoms with Gasteiger partial charge < -0.3 is 5.73 Å². The number of carbonyl (C=O) groups is 1. The predicted octanol–water partition coefficient (Wildman–Crippen LogP) is 2.02. The van der Waals surface area contributed by atoms with Gasteiger partial charge in [0.2, 0.25) is 0 Å². The van der Waals surface area contributed by atoms with Crippen molar-refractivity contribution < 1.29 is 4.79 Å². The van der Waals surface area contributed by atoms with Gasteiger partial charge in [-0.1, -0.05) is 29.3 Å². The van der Waals surface area contributed by atoms with E-state index in [4.69, 9.17) is 28.9 Å². The number of nitrogens with two attached hydrogens (primary N) is 1. The van der Waals surface area contributed by atoms with Crippen molar-refractivity contribution in [2.45, 2.75) is 18.4 Å². The zero-order valence-corrected chi connectivity index (χ0v) is 8.90. The van der Waals surface area contributed by atoms with Crippen LogP contribution in [0.1, 0.15) is 23.2 Å². The zero-order valence-electron chi connectivity index (χ0n) is 7.39. The minimum absolute atomic E-state index is 0. The molecule has 15 heavy (non-hydrogen) atoms. The van der Waals surface area contributed by atoms with E-state index in [0.29, 0.717) is 15.6 Å². The Morgan fingerprint density at radius 1 is 1.33 bits per heavy atom. The third-order valence-electron chi connectivity index (χ3n) is 2.44. The Morgan fingerprint density at radius 3 is 2.47 bits per heavy atom. The van der Waals surface area contributed by atoms with E-state index in [0.717, 1.165) is 12.8 Å². The quantitative estimate of drug-likeness (QED) is 0.660. The van der Waals surface area contributed by atoms with Crippen LogP contribution in [0.5, 0.6) is 0 Å². The molecule has 0 amide bonds. The molecule has 0 spiro atoms. The molecule has 2 N–H and O–H groups in total. The van der Waals surface area contributed by atoms with Gasteiger partial charge in [0.1, 0.15) is 0 Å². The molecule has 1 aromatic carbocycles. The Labute approximate surface area is 141 Å². The Bertz CT molecular complexity index is 404. The summed E-state index contributed by atoms with van der Waals surface area (Å²) in [6.45, 7) is 0. The standard InChI is InChI=1S/C10H9Cl2NO.K.H/c11-7-3-1-2-6(8(7)12)9(14)10(13)4-5-10;;/h1-3H,4-5,13H2;;. The maximum absolute atomic E-state index is 11.8. The van der Waals surface area contributed by atoms with Gasteiger partial charge in [0, 0.05) is 5.56 Å². The topological polar surface area (TPSA) is 43.1 Å². The van der Waals surface area contributed by atoms with Crippen LogP contribution in [0.2, 0.25) is 10.0 Å². The Morgan fingerprint density at radius 2 is 1.93 bits per heavy atom. The Hall–Kier alpha value is 1.07. The Kier molecular flexibility index (Phi) is 4.85. The summed E-state index contributed by atoms with van der Waals surface area (Å²) in [5, 5.41) is 0.692. The molecule has 0 heterocycles. The molecule has 1 fully saturated rings. The number of ketones is 1. The molecule has 1 aromatic rings. The molecular formula is C10H10Cl2KNO. The first kappa shape index (κ1) is 14.1. The van der Waals surface area contributed by atoms with Crippen LogP contribution in [-0.4, -0.2) is 62.7 Å². The van der Waals surface area contributed by atoms with Crippen LogP contribution in [0, 0.1) is 0 Å². The van der Waals surface area contributed by atoms with Crippen molar-refractivity contribution in [2.75, 3.05) is 0 Å². The van der Waals surface area contributed by atoms with E-state index in [1.807, 2.05) is 0 Å². The second-order valence-corrected chi connectivity index (χ2v) is 4.37. The third kappa shape index (κ3) is 2.85. The molecule has 5 heteroatoms. The number of hydrogen-bond donors (Lipinski definition) is 1. The SMILES string of the molecule is NC1(C(=O)c2cccc(Cl)c2Cl)CC1.[KH]. The van der Waals surface area contributed by atoms with Crippen LogP contribution in [0.3, 0.4) is 0 Å². The average Bonchev–Trinajstić information content (AvgIpc) is 2.89. The van der Waals surface area contributed by atoms with Crippen LogP contribution in [-0.2, 0) is 0 Å². The van der Waals surface area contributed by atoms with E-state index in [9.17, 15) is 4.79 Å². The Balaban J connectivity index is 0.00000112. The van der Waals surface area contributed by atoms with Gasteiger partial charge in [-0.15, -0.1) is 0 Å². The second-order valence-electron chi connectivity index (χ2n) is 3.59. The summed E-state index contributed by atoms with van der Waals surface area (Å²) in [6.07, 6.45) is 1.46. The summed E-state index contributed by atoms with van der Waals surface area (Å²) in [7, 11) is 0. The summed E-state index contributed by atoms with van der Waals surface area (Å²) in [5.74, 6) is -0.106. The molecule has 76 valence electrons. The van der Waals surface area contributed by atoms with E-state index in [2.05, 4.69) is 0 Å². The normalized spacial score (nSPS) is 16.7. The molecule has 1 aliphatic rings. The van der Waals surface area contributed by atoms with E-state index in [1.165, 1.54) is 0 Å². The fraction of sp³-hybridized carbons (Fsp3) is 0.300. The monoisotopic (exact) mass is 269 g/mol. The molecular weight excluding hydrogens is 260 g/mol. The van der Waals surface area contributed by atoms with E-state index >= 15 is 0 Å². The van der Waals surface area contributed by atoms with Crippen molar-refractivity contribution in [1.29, 1.82) is 0 Å². The third-order valence-corrected chi connectivity index (χ3v) is 3.26. The van der Waals surface area contributed by atoms with Crippen molar-refractivity contribution in [3.63, 3.8) is 0 Å². The van der Waals surface area contributed by atoms with Crippen molar-refractivity contribution in [1.82, 2.24) is 0 Å². The summed E-state index contributed by atoms with van der Waals surface area (Å²) in [6, 6.07) is 5.01. The first-order chi connectivity index (χ1) is 6.54. The molecule has 0 atom stereocenters. The molecule has 1 saturated carbocycles. The van der Waals surface area contributed by atoms with Crippen molar-refractivity contribution >= 4 is 80.4 Å². The molecule has 0 aliphatic heterocycles. The van der Waals surface area contributed by atoms with Gasteiger partial charge in [0.25, 0.3) is 0 Å². The van der Waals surface area contributed by atoms with E-state index < -0.39 is 5.54 Å². The molecule has 0 radical (unpaired) electrons. The summed E-state index contributed by atoms with van der Waals surface area (Å²) in [5.41, 5.74) is 5.53. The van der Waals surface area contributed by atoms with Crippen LogP contribution in [0.15, 0.2) is 18.2 Å². The molecule has 1 aliphatic carbocycles. The number of benzene rings is 1. The summed E-state index contributed by atoms with van der Waals surface area (Å²) < 4.78 is 0. The van der Waals surface area contributed by atoms with Crippen LogP contribution in [0.4, 0.5) is 0 Å². The molecule has 0 saturated heterocycles. The maximum atomic E-state index is 11.8. The van der Waals surface area contributed by atoms with Crippen LogP contribution in [0.25, 0.3) is 0 Å². The average molecular weight is 270 g/mol. The zero-order chi connectivity index (χ0) is 10.3. The summed E-state index contributed by atoms with van der Waals surface area (Å²) >= 11 is 11.7. The number of halogens is 2. The fourth-order valence-electron chi connectivity index (χ4n) is 1.31. The number of Topliss-reactive ketones (excluding diaryl/α,β-unsaturated/α-hetero) is 1. The van der Waals surface area contributed by atoms with Gasteiger partial charge in [-0.25, -0.2) is 0 Å². The fourth-order valence-corrected chi connectivity index (χ4v) is 1.70. The van der Waals surface area contributed by atoms with Crippen LogP contribution < -0.4 is 5.73 Å². The predicted molar refractivity (Wildman–Crippen MR) is 64.1 cm³/mol. The van der Waals surface area contributed by atoms with Gasteiger partial charge in [-0.3, -0.25) is 4.79 Å². The first-order valence-electron chi connectivity index (χ1n) is 4.32. The van der Waals surface area contributed by atoms with Gasteiger partial charge in [0.15, 0.2) is 5.78 Å². The van der Waals surface area contributed by atoms with Gasteiger partial charge in [-0.05, 0) is 25.0 Å². The molecule has 0 aromatic heterocycles. The van der Waals surface area contributed by atoms with E-state index in [1.54, 1.807) is 18.2 Å². The van der Waals surface area contributed by atoms with Gasteiger partial charge in [-0.2, -0.15) is 0 Å². The first-order valence-corrected chi connectivity index (χ1v) is 5.08. The molecule has 0 bridgehead atoms. The number of rotatable bonds is 2. The van der Waals surface area contributed by atoms with Gasteiger partial charge in [0.05, 0.1) is 15.6 Å². The number of carbonyl (C=O) groups excluding carboxylic acids is 1.